The van der Waals surface area contributed by atoms with Crippen LogP contribution in [0.25, 0.3) is 16.5 Å². The van der Waals surface area contributed by atoms with Gasteiger partial charge in [0.25, 0.3) is 5.91 Å². The highest BCUT2D eigenvalue weighted by molar-refractivity contribution is 6.76. The predicted molar refractivity (Wildman–Crippen MR) is 234 cm³/mol. The van der Waals surface area contributed by atoms with Crippen molar-refractivity contribution in [2.75, 3.05) is 64.4 Å². The molecule has 7 rings (SSSR count). The Bertz CT molecular complexity index is 2300. The van der Waals surface area contributed by atoms with Crippen LogP contribution in [0.15, 0.2) is 42.9 Å². The molecule has 6 heterocycles. The summed E-state index contributed by atoms with van der Waals surface area (Å²) >= 11 is 0. The summed E-state index contributed by atoms with van der Waals surface area (Å²) < 4.78 is 52.6. The molecule has 1 atom stereocenters. The zero-order chi connectivity index (χ0) is 44.3. The molecule has 0 bridgehead atoms. The van der Waals surface area contributed by atoms with Crippen LogP contribution in [0, 0.1) is 11.6 Å². The lowest BCUT2D eigenvalue weighted by atomic mass is 9.92. The standard InChI is InChI=1S/C44H59F2N9O6Si/c1-44(2,3)61-43(58)54-15-9-11-35(54)33-25-32(30-10-8-14-52(28-30)38(56)12-16-53-17-13-48-49-53)39(46)40-34(33)26-36(55(40)29-60-22-23-62(5,6)7)42(57)51-20-18-50(19-21-51)41-37(59-4)24-31(45)27-47-41/h10,13,17,24-27,35H,8-9,11-12,14-16,18-23,28-29H2,1-7H3. The van der Waals surface area contributed by atoms with Gasteiger partial charge in [0.2, 0.25) is 5.91 Å². The largest absolute Gasteiger partial charge is 0.493 e. The Hall–Kier alpha value is -5.36. The van der Waals surface area contributed by atoms with Gasteiger partial charge in [0, 0.05) is 90.1 Å². The van der Waals surface area contributed by atoms with Crippen LogP contribution in [-0.4, -0.2) is 130 Å². The summed E-state index contributed by atoms with van der Waals surface area (Å²) in [5.74, 6) is -0.619. The Kier molecular flexibility index (Phi) is 13.4. The summed E-state index contributed by atoms with van der Waals surface area (Å²) in [6.07, 6.45) is 7.98. The number of hydrogen-bond donors (Lipinski definition) is 0. The fraction of sp³-hybridized carbons (Fsp3) is 0.545. The van der Waals surface area contributed by atoms with Crippen LogP contribution >= 0.6 is 0 Å². The van der Waals surface area contributed by atoms with Gasteiger partial charge in [-0.2, -0.15) is 0 Å². The predicted octanol–water partition coefficient (Wildman–Crippen LogP) is 6.97. The molecule has 334 valence electrons. The van der Waals surface area contributed by atoms with Gasteiger partial charge in [-0.3, -0.25) is 14.3 Å². The van der Waals surface area contributed by atoms with Gasteiger partial charge in [-0.1, -0.05) is 30.9 Å². The highest BCUT2D eigenvalue weighted by Crippen LogP contribution is 2.42. The summed E-state index contributed by atoms with van der Waals surface area (Å²) in [7, 11) is -0.0399. The number of fused-ring (bicyclic) bond motifs is 1. The van der Waals surface area contributed by atoms with Crippen LogP contribution in [0.4, 0.5) is 19.4 Å². The van der Waals surface area contributed by atoms with E-state index in [0.29, 0.717) is 105 Å². The average molecular weight is 876 g/mol. The van der Waals surface area contributed by atoms with Crippen LogP contribution in [0.1, 0.15) is 74.1 Å². The molecule has 0 saturated carbocycles. The molecule has 2 saturated heterocycles. The van der Waals surface area contributed by atoms with Crippen molar-refractivity contribution in [1.82, 2.24) is 39.2 Å². The number of amides is 3. The Morgan fingerprint density at radius 1 is 0.984 bits per heavy atom. The molecule has 4 aromatic rings. The van der Waals surface area contributed by atoms with Gasteiger partial charge in [-0.15, -0.1) is 5.10 Å². The van der Waals surface area contributed by atoms with Crippen molar-refractivity contribution in [3.63, 3.8) is 0 Å². The zero-order valence-corrected chi connectivity index (χ0v) is 38.0. The zero-order valence-electron chi connectivity index (χ0n) is 37.0. The maximum atomic E-state index is 17.8. The number of carbonyl (C=O) groups excluding carboxylic acids is 3. The smallest absolute Gasteiger partial charge is 0.410 e. The Balaban J connectivity index is 1.29. The lowest BCUT2D eigenvalue weighted by molar-refractivity contribution is -0.131. The molecule has 2 fully saturated rings. The number of benzene rings is 1. The van der Waals surface area contributed by atoms with E-state index in [9.17, 15) is 18.8 Å². The molecule has 1 unspecified atom stereocenters. The Morgan fingerprint density at radius 3 is 2.45 bits per heavy atom. The monoisotopic (exact) mass is 875 g/mol. The number of halogens is 2. The molecule has 3 aromatic heterocycles. The van der Waals surface area contributed by atoms with Gasteiger partial charge < -0.3 is 38.4 Å². The first-order valence-corrected chi connectivity index (χ1v) is 25.2. The fourth-order valence-electron chi connectivity index (χ4n) is 8.37. The van der Waals surface area contributed by atoms with E-state index < -0.39 is 37.4 Å². The second kappa shape index (κ2) is 18.5. The van der Waals surface area contributed by atoms with E-state index in [1.807, 2.05) is 37.8 Å². The number of methoxy groups -OCH3 is 1. The molecule has 15 nitrogen and oxygen atoms in total. The Morgan fingerprint density at radius 2 is 1.76 bits per heavy atom. The van der Waals surface area contributed by atoms with Crippen LogP contribution in [0.2, 0.25) is 25.7 Å². The molecule has 0 N–H and O–H groups in total. The molecule has 62 heavy (non-hydrogen) atoms. The van der Waals surface area contributed by atoms with Gasteiger partial charge in [0.1, 0.15) is 23.8 Å². The lowest BCUT2D eigenvalue weighted by Crippen LogP contribution is -2.49. The van der Waals surface area contributed by atoms with E-state index in [1.165, 1.54) is 13.2 Å². The number of hydrogen-bond acceptors (Lipinski definition) is 10. The van der Waals surface area contributed by atoms with Crippen molar-refractivity contribution in [3.8, 4) is 5.75 Å². The van der Waals surface area contributed by atoms with Gasteiger partial charge in [0.05, 0.1) is 37.6 Å². The lowest BCUT2D eigenvalue weighted by Gasteiger charge is -2.36. The fourth-order valence-corrected chi connectivity index (χ4v) is 9.13. The minimum absolute atomic E-state index is 0.0715. The SMILES string of the molecule is COc1cc(F)cnc1N1CCN(C(=O)c2cc3c(C4CCCN4C(=O)OC(C)(C)C)cc(C4=CCCN(C(=O)CCn5ccnn5)C4)c(F)c3n2COCC[Si](C)(C)C)CC1. The topological polar surface area (TPSA) is 140 Å². The highest BCUT2D eigenvalue weighted by atomic mass is 28.3. The first-order valence-electron chi connectivity index (χ1n) is 21.5. The number of rotatable bonds is 13. The van der Waals surface area contributed by atoms with Crippen LogP contribution < -0.4 is 9.64 Å². The average Bonchev–Trinajstić information content (AvgIpc) is 4.02. The van der Waals surface area contributed by atoms with Crippen LogP contribution in [0.3, 0.4) is 0 Å². The summed E-state index contributed by atoms with van der Waals surface area (Å²) in [4.78, 5) is 53.5. The number of nitrogens with zero attached hydrogens (tertiary/aromatic N) is 9. The third kappa shape index (κ3) is 10.1. The molecule has 1 aromatic carbocycles. The first kappa shape index (κ1) is 44.7. The molecule has 0 radical (unpaired) electrons. The maximum Gasteiger partial charge on any atom is 0.410 e. The normalized spacial score (nSPS) is 17.5. The number of pyridine rings is 1. The van der Waals surface area contributed by atoms with E-state index >= 15 is 4.39 Å². The number of likely N-dealkylation sites (tertiary alicyclic amines) is 1. The summed E-state index contributed by atoms with van der Waals surface area (Å²) in [6, 6.07) is 5.25. The minimum atomic E-state index is -1.50. The number of anilines is 1. The van der Waals surface area contributed by atoms with Crippen molar-refractivity contribution >= 4 is 48.3 Å². The van der Waals surface area contributed by atoms with Gasteiger partial charge >= 0.3 is 6.09 Å². The van der Waals surface area contributed by atoms with Crippen molar-refractivity contribution in [2.24, 2.45) is 0 Å². The molecule has 3 aliphatic heterocycles. The van der Waals surface area contributed by atoms with Gasteiger partial charge in [-0.25, -0.2) is 18.6 Å². The molecule has 3 amide bonds. The Labute approximate surface area is 362 Å². The molecule has 3 aliphatic rings. The third-order valence-electron chi connectivity index (χ3n) is 11.6. The van der Waals surface area contributed by atoms with E-state index in [4.69, 9.17) is 14.2 Å². The summed E-state index contributed by atoms with van der Waals surface area (Å²) in [5.41, 5.74) is 1.40. The summed E-state index contributed by atoms with van der Waals surface area (Å²) in [6.45, 7) is 15.6. The van der Waals surface area contributed by atoms with Crippen molar-refractivity contribution in [3.05, 3.63) is 71.3 Å². The number of aryl methyl sites for hydroxylation is 1. The molecule has 18 heteroatoms. The van der Waals surface area contributed by atoms with Crippen molar-refractivity contribution in [1.29, 1.82) is 0 Å². The van der Waals surface area contributed by atoms with Crippen molar-refractivity contribution < 1.29 is 37.4 Å². The molecular formula is C44H59F2N9O6Si. The van der Waals surface area contributed by atoms with Gasteiger partial charge in [0.15, 0.2) is 17.4 Å². The highest BCUT2D eigenvalue weighted by Gasteiger charge is 2.37. The molecule has 0 aliphatic carbocycles. The summed E-state index contributed by atoms with van der Waals surface area (Å²) in [5, 5.41) is 8.32. The van der Waals surface area contributed by atoms with E-state index in [0.717, 1.165) is 12.2 Å². The number of piperazine rings is 1. The van der Waals surface area contributed by atoms with Crippen LogP contribution in [0.5, 0.6) is 5.75 Å². The number of aromatic nitrogens is 5. The maximum absolute atomic E-state index is 17.8. The molecular weight excluding hydrogens is 817 g/mol. The quantitative estimate of drug-likeness (QED) is 0.102. The van der Waals surface area contributed by atoms with Gasteiger partial charge in [-0.05, 0) is 69.3 Å². The van der Waals surface area contributed by atoms with Crippen LogP contribution in [-0.2, 0) is 27.5 Å². The molecule has 0 spiro atoms. The first-order chi connectivity index (χ1) is 29.5. The minimum Gasteiger partial charge on any atom is -0.493 e. The van der Waals surface area contributed by atoms with Crippen molar-refractivity contribution in [2.45, 2.75) is 97.1 Å². The number of carbonyl (C=O) groups is 3. The second-order valence-corrected chi connectivity index (χ2v) is 24.1. The second-order valence-electron chi connectivity index (χ2n) is 18.4. The van der Waals surface area contributed by atoms with E-state index in [2.05, 4.69) is 34.9 Å². The third-order valence-corrected chi connectivity index (χ3v) is 13.3. The van der Waals surface area contributed by atoms with E-state index in [-0.39, 0.29) is 42.7 Å². The number of ether oxygens (including phenoxy) is 3. The van der Waals surface area contributed by atoms with E-state index in [1.54, 1.807) is 42.4 Å².